The van der Waals surface area contributed by atoms with E-state index in [0.717, 1.165) is 16.9 Å². The number of hydrogen-bond donors (Lipinski definition) is 1. The molecule has 0 fully saturated rings. The Hall–Kier alpha value is -1.26. The predicted octanol–water partition coefficient (Wildman–Crippen LogP) is 2.36. The van der Waals surface area contributed by atoms with Crippen LogP contribution in [-0.4, -0.2) is 16.0 Å². The Bertz CT molecular complexity index is 491. The zero-order valence-electron chi connectivity index (χ0n) is 9.47. The molecule has 0 spiro atoms. The molecule has 0 aliphatic carbocycles. The van der Waals surface area contributed by atoms with Crippen LogP contribution in [0, 0.1) is 6.92 Å². The van der Waals surface area contributed by atoms with E-state index in [4.69, 9.17) is 5.73 Å². The quantitative estimate of drug-likeness (QED) is 0.828. The first-order chi connectivity index (χ1) is 7.74. The fourth-order valence-electron chi connectivity index (χ4n) is 1.58. The van der Waals surface area contributed by atoms with Crippen LogP contribution in [0.5, 0.6) is 0 Å². The van der Waals surface area contributed by atoms with Crippen LogP contribution in [0.4, 0.5) is 0 Å². The van der Waals surface area contributed by atoms with Crippen molar-refractivity contribution < 1.29 is 0 Å². The highest BCUT2D eigenvalue weighted by atomic mass is 32.2. The Labute approximate surface area is 99.7 Å². The summed E-state index contributed by atoms with van der Waals surface area (Å²) in [6, 6.07) is 8.30. The maximum Gasteiger partial charge on any atom is 0.0656 e. The van der Waals surface area contributed by atoms with Crippen LogP contribution in [0.3, 0.4) is 0 Å². The third kappa shape index (κ3) is 2.13. The minimum absolute atomic E-state index is 0.536. The average molecular weight is 233 g/mol. The minimum atomic E-state index is 0.536. The highest BCUT2D eigenvalue weighted by Gasteiger charge is 2.04. The molecular formula is C12H15N3S. The second-order valence-electron chi connectivity index (χ2n) is 3.59. The van der Waals surface area contributed by atoms with Gasteiger partial charge in [0.25, 0.3) is 0 Å². The van der Waals surface area contributed by atoms with Crippen molar-refractivity contribution in [2.24, 2.45) is 5.73 Å². The molecule has 0 bridgehead atoms. The summed E-state index contributed by atoms with van der Waals surface area (Å²) in [4.78, 5) is 1.24. The Kier molecular flexibility index (Phi) is 3.31. The standard InChI is InChI=1S/C12H15N3S/c1-9-10(7-13)8-15(14-9)11-4-3-5-12(6-11)16-2/h3-6,8H,7,13H2,1-2H3. The molecule has 0 unspecified atom stereocenters. The van der Waals surface area contributed by atoms with E-state index in [1.807, 2.05) is 29.9 Å². The van der Waals surface area contributed by atoms with Crippen LogP contribution in [0.2, 0.25) is 0 Å². The van der Waals surface area contributed by atoms with Gasteiger partial charge in [-0.1, -0.05) is 6.07 Å². The molecule has 2 N–H and O–H groups in total. The molecule has 4 heteroatoms. The van der Waals surface area contributed by atoms with Crippen LogP contribution in [0.1, 0.15) is 11.3 Å². The topological polar surface area (TPSA) is 43.8 Å². The SMILES string of the molecule is CSc1cccc(-n2cc(CN)c(C)n2)c1. The fraction of sp³-hybridized carbons (Fsp3) is 0.250. The molecule has 1 aromatic heterocycles. The summed E-state index contributed by atoms with van der Waals surface area (Å²) >= 11 is 1.73. The van der Waals surface area contributed by atoms with Gasteiger partial charge in [-0.25, -0.2) is 4.68 Å². The van der Waals surface area contributed by atoms with Gasteiger partial charge in [0.2, 0.25) is 0 Å². The van der Waals surface area contributed by atoms with Gasteiger partial charge in [-0.2, -0.15) is 5.10 Å². The summed E-state index contributed by atoms with van der Waals surface area (Å²) in [5, 5.41) is 4.45. The highest BCUT2D eigenvalue weighted by Crippen LogP contribution is 2.19. The van der Waals surface area contributed by atoms with E-state index < -0.39 is 0 Å². The second-order valence-corrected chi connectivity index (χ2v) is 4.47. The second kappa shape index (κ2) is 4.72. The molecule has 84 valence electrons. The van der Waals surface area contributed by atoms with E-state index >= 15 is 0 Å². The van der Waals surface area contributed by atoms with Crippen molar-refractivity contribution in [1.29, 1.82) is 0 Å². The lowest BCUT2D eigenvalue weighted by Gasteiger charge is -2.02. The van der Waals surface area contributed by atoms with Crippen molar-refractivity contribution in [1.82, 2.24) is 9.78 Å². The molecule has 2 rings (SSSR count). The molecule has 2 aromatic rings. The third-order valence-electron chi connectivity index (χ3n) is 2.54. The summed E-state index contributed by atoms with van der Waals surface area (Å²) in [6.45, 7) is 2.52. The number of nitrogens with two attached hydrogens (primary N) is 1. The van der Waals surface area contributed by atoms with Crippen LogP contribution in [0.25, 0.3) is 5.69 Å². The van der Waals surface area contributed by atoms with E-state index in [0.29, 0.717) is 6.54 Å². The Morgan fingerprint density at radius 3 is 2.88 bits per heavy atom. The number of thioether (sulfide) groups is 1. The molecule has 0 aliphatic rings. The van der Waals surface area contributed by atoms with E-state index in [-0.39, 0.29) is 0 Å². The van der Waals surface area contributed by atoms with Crippen molar-refractivity contribution in [2.45, 2.75) is 18.4 Å². The van der Waals surface area contributed by atoms with Crippen molar-refractivity contribution in [3.63, 3.8) is 0 Å². The normalized spacial score (nSPS) is 10.7. The van der Waals surface area contributed by atoms with Gasteiger partial charge in [-0.15, -0.1) is 11.8 Å². The summed E-state index contributed by atoms with van der Waals surface area (Å²) in [7, 11) is 0. The maximum atomic E-state index is 5.64. The highest BCUT2D eigenvalue weighted by molar-refractivity contribution is 7.98. The predicted molar refractivity (Wildman–Crippen MR) is 68.0 cm³/mol. The van der Waals surface area contributed by atoms with Gasteiger partial charge < -0.3 is 5.73 Å². The van der Waals surface area contributed by atoms with Gasteiger partial charge in [-0.3, -0.25) is 0 Å². The lowest BCUT2D eigenvalue weighted by molar-refractivity contribution is 0.860. The molecule has 0 aliphatic heterocycles. The largest absolute Gasteiger partial charge is 0.326 e. The molecule has 1 heterocycles. The number of benzene rings is 1. The summed E-state index contributed by atoms with van der Waals surface area (Å²) < 4.78 is 1.89. The lowest BCUT2D eigenvalue weighted by Crippen LogP contribution is -1.96. The van der Waals surface area contributed by atoms with Gasteiger partial charge in [0, 0.05) is 23.2 Å². The number of hydrogen-bond acceptors (Lipinski definition) is 3. The van der Waals surface area contributed by atoms with Crippen molar-refractivity contribution in [3.8, 4) is 5.69 Å². The Morgan fingerprint density at radius 1 is 1.44 bits per heavy atom. The lowest BCUT2D eigenvalue weighted by atomic mass is 10.3. The summed E-state index contributed by atoms with van der Waals surface area (Å²) in [5.74, 6) is 0. The maximum absolute atomic E-state index is 5.64. The molecule has 0 atom stereocenters. The Morgan fingerprint density at radius 2 is 2.25 bits per heavy atom. The monoisotopic (exact) mass is 233 g/mol. The molecule has 0 amide bonds. The van der Waals surface area contributed by atoms with Gasteiger partial charge in [0.05, 0.1) is 11.4 Å². The number of rotatable bonds is 3. The number of aromatic nitrogens is 2. The Balaban J connectivity index is 2.41. The van der Waals surface area contributed by atoms with E-state index in [9.17, 15) is 0 Å². The minimum Gasteiger partial charge on any atom is -0.326 e. The first kappa shape index (κ1) is 11.2. The number of aryl methyl sites for hydroxylation is 1. The first-order valence-electron chi connectivity index (χ1n) is 5.14. The summed E-state index contributed by atoms with van der Waals surface area (Å²) in [6.07, 6.45) is 4.06. The van der Waals surface area contributed by atoms with Gasteiger partial charge in [-0.05, 0) is 31.4 Å². The molecule has 0 saturated heterocycles. The number of nitrogens with zero attached hydrogens (tertiary/aromatic N) is 2. The van der Waals surface area contributed by atoms with E-state index in [2.05, 4.69) is 23.5 Å². The molecule has 1 aromatic carbocycles. The van der Waals surface area contributed by atoms with Crippen LogP contribution in [0.15, 0.2) is 35.4 Å². The van der Waals surface area contributed by atoms with Crippen LogP contribution >= 0.6 is 11.8 Å². The van der Waals surface area contributed by atoms with Gasteiger partial charge >= 0.3 is 0 Å². The van der Waals surface area contributed by atoms with E-state index in [1.165, 1.54) is 4.90 Å². The molecule has 0 saturated carbocycles. The molecule has 3 nitrogen and oxygen atoms in total. The van der Waals surface area contributed by atoms with Gasteiger partial charge in [0.15, 0.2) is 0 Å². The smallest absolute Gasteiger partial charge is 0.0656 e. The average Bonchev–Trinajstić information content (AvgIpc) is 2.71. The third-order valence-corrected chi connectivity index (χ3v) is 3.26. The van der Waals surface area contributed by atoms with Crippen molar-refractivity contribution in [3.05, 3.63) is 41.7 Å². The zero-order valence-corrected chi connectivity index (χ0v) is 10.3. The zero-order chi connectivity index (χ0) is 11.5. The van der Waals surface area contributed by atoms with Crippen molar-refractivity contribution in [2.75, 3.05) is 6.26 Å². The van der Waals surface area contributed by atoms with Crippen LogP contribution < -0.4 is 5.73 Å². The molecular weight excluding hydrogens is 218 g/mol. The van der Waals surface area contributed by atoms with Gasteiger partial charge in [0.1, 0.15) is 0 Å². The summed E-state index contributed by atoms with van der Waals surface area (Å²) in [5.41, 5.74) is 8.81. The molecule has 16 heavy (non-hydrogen) atoms. The fourth-order valence-corrected chi connectivity index (χ4v) is 2.03. The van der Waals surface area contributed by atoms with Crippen molar-refractivity contribution >= 4 is 11.8 Å². The van der Waals surface area contributed by atoms with Crippen LogP contribution in [-0.2, 0) is 6.54 Å². The first-order valence-corrected chi connectivity index (χ1v) is 6.36. The molecule has 0 radical (unpaired) electrons. The van der Waals surface area contributed by atoms with E-state index in [1.54, 1.807) is 11.8 Å².